The zero-order valence-corrected chi connectivity index (χ0v) is 12.2. The molecule has 9 nitrogen and oxygen atoms in total. The second kappa shape index (κ2) is 6.22. The fourth-order valence-corrected chi connectivity index (χ4v) is 1.76. The van der Waals surface area contributed by atoms with Crippen LogP contribution in [0.1, 0.15) is 21.7 Å². The number of hydrogen-bond donors (Lipinski definition) is 1. The van der Waals surface area contributed by atoms with Gasteiger partial charge < -0.3 is 10.6 Å². The highest BCUT2D eigenvalue weighted by Crippen LogP contribution is 2.22. The van der Waals surface area contributed by atoms with Crippen LogP contribution >= 0.6 is 0 Å². The maximum atomic E-state index is 12.8. The Morgan fingerprint density at radius 3 is 2.61 bits per heavy atom. The summed E-state index contributed by atoms with van der Waals surface area (Å²) < 4.78 is 14.0. The van der Waals surface area contributed by atoms with E-state index in [1.165, 1.54) is 30.8 Å². The Hall–Kier alpha value is -3.30. The van der Waals surface area contributed by atoms with Crippen molar-refractivity contribution in [2.45, 2.75) is 6.92 Å². The van der Waals surface area contributed by atoms with Gasteiger partial charge in [0.05, 0.1) is 4.92 Å². The van der Waals surface area contributed by atoms with Gasteiger partial charge >= 0.3 is 11.7 Å². The van der Waals surface area contributed by atoms with Gasteiger partial charge in [0.2, 0.25) is 5.69 Å². The van der Waals surface area contributed by atoms with Crippen LogP contribution < -0.4 is 5.73 Å². The van der Waals surface area contributed by atoms with E-state index in [-0.39, 0.29) is 11.5 Å². The first-order valence-electron chi connectivity index (χ1n) is 6.30. The minimum absolute atomic E-state index is 0.186. The molecule has 0 bridgehead atoms. The first-order valence-corrected chi connectivity index (χ1v) is 6.30. The molecule has 0 saturated heterocycles. The molecule has 0 aliphatic carbocycles. The zero-order valence-electron chi connectivity index (χ0n) is 12.2. The van der Waals surface area contributed by atoms with Gasteiger partial charge in [0.1, 0.15) is 11.5 Å². The minimum atomic E-state index is -1.12. The molecule has 0 aliphatic heterocycles. The largest absolute Gasteiger partial charge is 0.393 e. The quantitative estimate of drug-likeness (QED) is 0.297. The van der Waals surface area contributed by atoms with Crippen LogP contribution in [-0.4, -0.2) is 26.5 Å². The van der Waals surface area contributed by atoms with Crippen molar-refractivity contribution in [1.29, 1.82) is 0 Å². The van der Waals surface area contributed by atoms with Crippen LogP contribution in [0.25, 0.3) is 0 Å². The molecular weight excluding hydrogens is 309 g/mol. The third-order valence-corrected chi connectivity index (χ3v) is 3.05. The fourth-order valence-electron chi connectivity index (χ4n) is 1.76. The van der Waals surface area contributed by atoms with Gasteiger partial charge in [-0.3, -0.25) is 14.8 Å². The Balaban J connectivity index is 2.23. The minimum Gasteiger partial charge on any atom is -0.380 e. The third-order valence-electron chi connectivity index (χ3n) is 3.05. The molecule has 0 amide bonds. The summed E-state index contributed by atoms with van der Waals surface area (Å²) in [4.78, 5) is 26.8. The number of aromatic nitrogens is 2. The van der Waals surface area contributed by atoms with Crippen LogP contribution in [0.2, 0.25) is 0 Å². The van der Waals surface area contributed by atoms with Gasteiger partial charge in [-0.05, 0) is 31.2 Å². The van der Waals surface area contributed by atoms with Gasteiger partial charge in [-0.25, -0.2) is 9.18 Å². The Morgan fingerprint density at radius 2 is 2.04 bits per heavy atom. The van der Waals surface area contributed by atoms with E-state index >= 15 is 0 Å². The van der Waals surface area contributed by atoms with Crippen LogP contribution in [0.5, 0.6) is 0 Å². The molecule has 1 heterocycles. The van der Waals surface area contributed by atoms with Crippen molar-refractivity contribution in [3.8, 4) is 0 Å². The van der Waals surface area contributed by atoms with Crippen LogP contribution in [-0.2, 0) is 11.9 Å². The van der Waals surface area contributed by atoms with E-state index < -0.39 is 28.1 Å². The number of rotatable bonds is 4. The Morgan fingerprint density at radius 1 is 1.43 bits per heavy atom. The van der Waals surface area contributed by atoms with Gasteiger partial charge in [0.25, 0.3) is 0 Å². The molecule has 0 saturated carbocycles. The molecule has 1 aromatic heterocycles. The molecule has 0 atom stereocenters. The molecule has 0 unspecified atom stereocenters. The molecule has 1 aromatic carbocycles. The lowest BCUT2D eigenvalue weighted by molar-refractivity contribution is -0.385. The number of halogens is 1. The predicted octanol–water partition coefficient (Wildman–Crippen LogP) is 1.25. The highest BCUT2D eigenvalue weighted by atomic mass is 19.1. The number of benzene rings is 1. The average Bonchev–Trinajstić information content (AvgIpc) is 2.81. The highest BCUT2D eigenvalue weighted by Gasteiger charge is 2.30. The summed E-state index contributed by atoms with van der Waals surface area (Å²) in [5.74, 6) is -1.77. The van der Waals surface area contributed by atoms with Gasteiger partial charge in [0, 0.05) is 12.6 Å². The van der Waals surface area contributed by atoms with E-state index in [0.29, 0.717) is 5.56 Å². The van der Waals surface area contributed by atoms with Crippen molar-refractivity contribution in [3.63, 3.8) is 0 Å². The molecule has 0 aliphatic rings. The van der Waals surface area contributed by atoms with Crippen molar-refractivity contribution >= 4 is 17.5 Å². The van der Waals surface area contributed by atoms with E-state index in [0.717, 1.165) is 12.1 Å². The molecule has 2 rings (SSSR count). The lowest BCUT2D eigenvalue weighted by Crippen LogP contribution is -2.15. The monoisotopic (exact) mass is 321 g/mol. The number of oxime groups is 1. The molecular formula is C13H12FN5O4. The Labute approximate surface area is 129 Å². The molecule has 23 heavy (non-hydrogen) atoms. The molecule has 0 fully saturated rings. The summed E-state index contributed by atoms with van der Waals surface area (Å²) in [6.07, 6.45) is 0. The van der Waals surface area contributed by atoms with E-state index in [1.807, 2.05) is 0 Å². The number of carbonyl (C=O) groups excluding carboxylic acids is 1. The van der Waals surface area contributed by atoms with Gasteiger partial charge in [-0.15, -0.1) is 0 Å². The van der Waals surface area contributed by atoms with Crippen molar-refractivity contribution in [1.82, 2.24) is 9.78 Å². The maximum absolute atomic E-state index is 12.8. The second-order valence-corrected chi connectivity index (χ2v) is 4.53. The third kappa shape index (κ3) is 3.31. The molecule has 0 radical (unpaired) electrons. The predicted molar refractivity (Wildman–Crippen MR) is 77.1 cm³/mol. The Kier molecular flexibility index (Phi) is 4.35. The van der Waals surface area contributed by atoms with Crippen molar-refractivity contribution in [3.05, 3.63) is 57.1 Å². The smallest absolute Gasteiger partial charge is 0.380 e. The number of amidine groups is 1. The molecule has 10 heteroatoms. The van der Waals surface area contributed by atoms with Gasteiger partial charge in [-0.1, -0.05) is 5.16 Å². The molecule has 0 spiro atoms. The first kappa shape index (κ1) is 16.1. The van der Waals surface area contributed by atoms with E-state index in [1.54, 1.807) is 0 Å². The van der Waals surface area contributed by atoms with Crippen LogP contribution in [0, 0.1) is 22.9 Å². The second-order valence-electron chi connectivity index (χ2n) is 4.53. The lowest BCUT2D eigenvalue weighted by atomic mass is 10.2. The highest BCUT2D eigenvalue weighted by molar-refractivity contribution is 5.98. The number of aryl methyl sites for hydroxylation is 1. The lowest BCUT2D eigenvalue weighted by Gasteiger charge is -2.00. The number of nitrogens with two attached hydrogens (primary N) is 1. The van der Waals surface area contributed by atoms with E-state index in [9.17, 15) is 19.3 Å². The summed E-state index contributed by atoms with van der Waals surface area (Å²) in [5.41, 5.74) is 5.17. The normalized spacial score (nSPS) is 11.3. The van der Waals surface area contributed by atoms with E-state index in [2.05, 4.69) is 15.1 Å². The van der Waals surface area contributed by atoms with Gasteiger partial charge in [0.15, 0.2) is 5.84 Å². The topological polar surface area (TPSA) is 126 Å². The summed E-state index contributed by atoms with van der Waals surface area (Å²) >= 11 is 0. The summed E-state index contributed by atoms with van der Waals surface area (Å²) in [6.45, 7) is 1.44. The summed E-state index contributed by atoms with van der Waals surface area (Å²) in [5, 5.41) is 18.1. The number of hydrogen-bond acceptors (Lipinski definition) is 6. The molecule has 2 aromatic rings. The maximum Gasteiger partial charge on any atom is 0.393 e. The fraction of sp³-hybridized carbons (Fsp3) is 0.154. The molecule has 2 N–H and O–H groups in total. The summed E-state index contributed by atoms with van der Waals surface area (Å²) in [6, 6.07) is 5.00. The van der Waals surface area contributed by atoms with Crippen molar-refractivity contribution < 1.29 is 18.9 Å². The van der Waals surface area contributed by atoms with Crippen molar-refractivity contribution in [2.75, 3.05) is 0 Å². The van der Waals surface area contributed by atoms with Crippen molar-refractivity contribution in [2.24, 2.45) is 17.9 Å². The van der Waals surface area contributed by atoms with Crippen LogP contribution in [0.15, 0.2) is 29.4 Å². The van der Waals surface area contributed by atoms with Gasteiger partial charge in [-0.2, -0.15) is 5.10 Å². The summed E-state index contributed by atoms with van der Waals surface area (Å²) in [7, 11) is 1.45. The first-order chi connectivity index (χ1) is 10.8. The standard InChI is InChI=1S/C13H12FN5O4/c1-7-11(19(21)22)10(16-18(7)2)13(20)23-17-12(15)8-3-5-9(14)6-4-8/h3-6H,1-2H3,(H2,15,17). The van der Waals surface area contributed by atoms with Crippen LogP contribution in [0.3, 0.4) is 0 Å². The van der Waals surface area contributed by atoms with Crippen LogP contribution in [0.4, 0.5) is 10.1 Å². The number of nitro groups is 1. The average molecular weight is 321 g/mol. The van der Waals surface area contributed by atoms with E-state index in [4.69, 9.17) is 5.73 Å². The SMILES string of the molecule is Cc1c([N+](=O)[O-])c(C(=O)O/N=C(\N)c2ccc(F)cc2)nn1C. The Bertz CT molecular complexity index is 797. The molecule has 120 valence electrons. The zero-order chi connectivity index (χ0) is 17.1. The number of nitrogens with zero attached hydrogens (tertiary/aromatic N) is 4. The number of carbonyl (C=O) groups is 1.